The van der Waals surface area contributed by atoms with Crippen molar-refractivity contribution in [1.29, 1.82) is 0 Å². The summed E-state index contributed by atoms with van der Waals surface area (Å²) >= 11 is 0. The highest BCUT2D eigenvalue weighted by Crippen LogP contribution is 2.07. The van der Waals surface area contributed by atoms with Crippen molar-refractivity contribution in [1.82, 2.24) is 14.4 Å². The summed E-state index contributed by atoms with van der Waals surface area (Å²) in [4.78, 5) is 26.7. The number of carbonyl (C=O) groups is 1. The molecule has 2 rings (SSSR count). The Morgan fingerprint density at radius 3 is 2.67 bits per heavy atom. The number of anilines is 1. The summed E-state index contributed by atoms with van der Waals surface area (Å²) in [5.41, 5.74) is 6.15. The van der Waals surface area contributed by atoms with Gasteiger partial charge in [0.05, 0.1) is 0 Å². The van der Waals surface area contributed by atoms with Gasteiger partial charge in [-0.05, 0) is 12.5 Å². The van der Waals surface area contributed by atoms with Crippen LogP contribution in [0.15, 0.2) is 23.1 Å². The number of hydrogen-bond acceptors (Lipinski definition) is 3. The molecule has 0 saturated carbocycles. The molecule has 1 saturated heterocycles. The second kappa shape index (κ2) is 5.12. The first-order valence-corrected chi connectivity index (χ1v) is 6.04. The van der Waals surface area contributed by atoms with E-state index in [1.54, 1.807) is 33.7 Å². The molecular weight excluding hydrogens is 232 g/mol. The molecule has 0 aliphatic carbocycles. The van der Waals surface area contributed by atoms with Crippen molar-refractivity contribution in [2.24, 2.45) is 0 Å². The van der Waals surface area contributed by atoms with Gasteiger partial charge in [0.15, 0.2) is 0 Å². The molecule has 0 unspecified atom stereocenters. The quantitative estimate of drug-likeness (QED) is 0.829. The molecule has 1 aliphatic heterocycles. The molecule has 0 bridgehead atoms. The van der Waals surface area contributed by atoms with Gasteiger partial charge in [-0.15, -0.1) is 0 Å². The van der Waals surface area contributed by atoms with Gasteiger partial charge in [0, 0.05) is 51.2 Å². The lowest BCUT2D eigenvalue weighted by Gasteiger charge is -2.16. The summed E-state index contributed by atoms with van der Waals surface area (Å²) in [5, 5.41) is 0. The Labute approximate surface area is 106 Å². The Bertz CT molecular complexity index is 497. The normalized spacial score (nSPS) is 15.5. The molecule has 1 aromatic rings. The largest absolute Gasteiger partial charge is 0.398 e. The third-order valence-corrected chi connectivity index (χ3v) is 3.14. The van der Waals surface area contributed by atoms with Gasteiger partial charge in [-0.2, -0.15) is 0 Å². The molecule has 1 fully saturated rings. The van der Waals surface area contributed by atoms with Gasteiger partial charge in [-0.3, -0.25) is 4.79 Å². The first-order chi connectivity index (χ1) is 8.58. The summed E-state index contributed by atoms with van der Waals surface area (Å²) in [5.74, 6) is 0. The van der Waals surface area contributed by atoms with Crippen LogP contribution in [0.4, 0.5) is 10.5 Å². The van der Waals surface area contributed by atoms with Crippen molar-refractivity contribution in [3.05, 3.63) is 28.7 Å². The van der Waals surface area contributed by atoms with Gasteiger partial charge in [0.1, 0.15) is 0 Å². The maximum atomic E-state index is 11.6. The van der Waals surface area contributed by atoms with Crippen LogP contribution < -0.4 is 11.3 Å². The van der Waals surface area contributed by atoms with Crippen molar-refractivity contribution in [3.8, 4) is 0 Å². The zero-order valence-electron chi connectivity index (χ0n) is 10.5. The number of likely N-dealkylation sites (N-methyl/N-ethyl adjacent to an activating group) is 1. The molecule has 98 valence electrons. The van der Waals surface area contributed by atoms with E-state index in [0.717, 1.165) is 19.5 Å². The standard InChI is InChI=1S/C12H18N4O2/c1-14-7-8-15(12(14)18)5-2-6-16-9-10(13)3-4-11(16)17/h3-4,9H,2,5-8,13H2,1H3. The smallest absolute Gasteiger partial charge is 0.319 e. The number of nitrogen functional groups attached to an aromatic ring is 1. The molecule has 18 heavy (non-hydrogen) atoms. The highest BCUT2D eigenvalue weighted by molar-refractivity contribution is 5.76. The van der Waals surface area contributed by atoms with Crippen LogP contribution in [0.2, 0.25) is 0 Å². The predicted octanol–water partition coefficient (Wildman–Crippen LogP) is 0.188. The minimum absolute atomic E-state index is 0.0610. The number of nitrogens with zero attached hydrogens (tertiary/aromatic N) is 3. The molecule has 0 atom stereocenters. The topological polar surface area (TPSA) is 71.6 Å². The van der Waals surface area contributed by atoms with Crippen LogP contribution in [-0.4, -0.2) is 47.1 Å². The van der Waals surface area contributed by atoms with E-state index < -0.39 is 0 Å². The number of pyridine rings is 1. The van der Waals surface area contributed by atoms with E-state index in [1.165, 1.54) is 6.07 Å². The highest BCUT2D eigenvalue weighted by Gasteiger charge is 2.24. The van der Waals surface area contributed by atoms with Gasteiger partial charge >= 0.3 is 6.03 Å². The summed E-state index contributed by atoms with van der Waals surface area (Å²) in [6.07, 6.45) is 2.39. The highest BCUT2D eigenvalue weighted by atomic mass is 16.2. The van der Waals surface area contributed by atoms with Crippen molar-refractivity contribution in [3.63, 3.8) is 0 Å². The number of rotatable bonds is 4. The lowest BCUT2D eigenvalue weighted by molar-refractivity contribution is 0.197. The molecule has 2 N–H and O–H groups in total. The van der Waals surface area contributed by atoms with Crippen molar-refractivity contribution < 1.29 is 4.79 Å². The number of aromatic nitrogens is 1. The third kappa shape index (κ3) is 2.64. The molecule has 6 nitrogen and oxygen atoms in total. The van der Waals surface area contributed by atoms with Crippen LogP contribution in [0.3, 0.4) is 0 Å². The fraction of sp³-hybridized carbons (Fsp3) is 0.500. The maximum Gasteiger partial charge on any atom is 0.319 e. The SMILES string of the molecule is CN1CCN(CCCn2cc(N)ccc2=O)C1=O. The van der Waals surface area contributed by atoms with E-state index >= 15 is 0 Å². The van der Waals surface area contributed by atoms with Gasteiger partial charge in [0.25, 0.3) is 5.56 Å². The zero-order chi connectivity index (χ0) is 13.1. The molecule has 0 aromatic carbocycles. The first kappa shape index (κ1) is 12.5. The molecule has 1 aliphatic rings. The second-order valence-electron chi connectivity index (χ2n) is 4.54. The Kier molecular flexibility index (Phi) is 3.55. The van der Waals surface area contributed by atoms with Crippen LogP contribution in [0.25, 0.3) is 0 Å². The fourth-order valence-corrected chi connectivity index (χ4v) is 2.07. The van der Waals surface area contributed by atoms with E-state index in [4.69, 9.17) is 5.73 Å². The van der Waals surface area contributed by atoms with E-state index in [9.17, 15) is 9.59 Å². The number of amides is 2. The van der Waals surface area contributed by atoms with Gasteiger partial charge in [-0.25, -0.2) is 4.79 Å². The minimum Gasteiger partial charge on any atom is -0.398 e. The van der Waals surface area contributed by atoms with Crippen molar-refractivity contribution >= 4 is 11.7 Å². The number of nitrogens with two attached hydrogens (primary N) is 1. The van der Waals surface area contributed by atoms with Gasteiger partial charge in [0.2, 0.25) is 0 Å². The zero-order valence-corrected chi connectivity index (χ0v) is 10.5. The Hall–Kier alpha value is -1.98. The average molecular weight is 250 g/mol. The van der Waals surface area contributed by atoms with E-state index in [-0.39, 0.29) is 11.6 Å². The molecule has 2 amide bonds. The third-order valence-electron chi connectivity index (χ3n) is 3.14. The molecule has 0 radical (unpaired) electrons. The van der Waals surface area contributed by atoms with Crippen LogP contribution in [0, 0.1) is 0 Å². The lowest BCUT2D eigenvalue weighted by Crippen LogP contribution is -2.31. The van der Waals surface area contributed by atoms with Gasteiger partial charge in [-0.1, -0.05) is 0 Å². The summed E-state index contributed by atoms with van der Waals surface area (Å²) < 4.78 is 1.58. The predicted molar refractivity (Wildman–Crippen MR) is 69.3 cm³/mol. The van der Waals surface area contributed by atoms with E-state index in [0.29, 0.717) is 18.8 Å². The summed E-state index contributed by atoms with van der Waals surface area (Å²) in [6, 6.07) is 3.12. The molecule has 2 heterocycles. The Morgan fingerprint density at radius 2 is 2.00 bits per heavy atom. The van der Waals surface area contributed by atoms with Crippen LogP contribution in [0.1, 0.15) is 6.42 Å². The molecule has 0 spiro atoms. The minimum atomic E-state index is -0.0610. The number of urea groups is 1. The van der Waals surface area contributed by atoms with Crippen molar-refractivity contribution in [2.75, 3.05) is 32.4 Å². The lowest BCUT2D eigenvalue weighted by atomic mass is 10.3. The summed E-state index contributed by atoms with van der Waals surface area (Å²) in [6.45, 7) is 2.79. The fourth-order valence-electron chi connectivity index (χ4n) is 2.07. The van der Waals surface area contributed by atoms with Crippen LogP contribution >= 0.6 is 0 Å². The molecule has 1 aromatic heterocycles. The number of carbonyl (C=O) groups excluding carboxylic acids is 1. The van der Waals surface area contributed by atoms with Gasteiger partial charge < -0.3 is 20.1 Å². The molecular formula is C12H18N4O2. The monoisotopic (exact) mass is 250 g/mol. The number of hydrogen-bond donors (Lipinski definition) is 1. The maximum absolute atomic E-state index is 11.6. The summed E-state index contributed by atoms with van der Waals surface area (Å²) in [7, 11) is 1.80. The number of aryl methyl sites for hydroxylation is 1. The van der Waals surface area contributed by atoms with E-state index in [1.807, 2.05) is 0 Å². The van der Waals surface area contributed by atoms with Crippen molar-refractivity contribution in [2.45, 2.75) is 13.0 Å². The molecule has 6 heteroatoms. The Balaban J connectivity index is 1.87. The van der Waals surface area contributed by atoms with Crippen LogP contribution in [0.5, 0.6) is 0 Å². The van der Waals surface area contributed by atoms with E-state index in [2.05, 4.69) is 0 Å². The van der Waals surface area contributed by atoms with Crippen LogP contribution in [-0.2, 0) is 6.54 Å². The Morgan fingerprint density at radius 1 is 1.22 bits per heavy atom. The average Bonchev–Trinajstić information content (AvgIpc) is 2.65. The second-order valence-corrected chi connectivity index (χ2v) is 4.54. The first-order valence-electron chi connectivity index (χ1n) is 6.04.